The SMILES string of the molecule is CC(NC(=O)N[C@H](CO)c1ccccc1)c1cc2ccccc2o1. The van der Waals surface area contributed by atoms with Crippen molar-refractivity contribution in [3.05, 3.63) is 72.0 Å². The van der Waals surface area contributed by atoms with E-state index in [0.29, 0.717) is 5.76 Å². The predicted octanol–water partition coefficient (Wildman–Crippen LogP) is 3.53. The summed E-state index contributed by atoms with van der Waals surface area (Å²) in [5.41, 5.74) is 1.64. The van der Waals surface area contributed by atoms with E-state index < -0.39 is 6.04 Å². The van der Waals surface area contributed by atoms with Gasteiger partial charge in [-0.25, -0.2) is 4.79 Å². The summed E-state index contributed by atoms with van der Waals surface area (Å²) in [6.45, 7) is 1.68. The van der Waals surface area contributed by atoms with Gasteiger partial charge in [0.2, 0.25) is 0 Å². The number of hydrogen-bond donors (Lipinski definition) is 3. The Morgan fingerprint density at radius 2 is 1.79 bits per heavy atom. The summed E-state index contributed by atoms with van der Waals surface area (Å²) in [7, 11) is 0. The molecule has 124 valence electrons. The first kappa shape index (κ1) is 16.1. The van der Waals surface area contributed by atoms with Gasteiger partial charge in [0.1, 0.15) is 11.3 Å². The van der Waals surface area contributed by atoms with Crippen molar-refractivity contribution in [2.24, 2.45) is 0 Å². The van der Waals surface area contributed by atoms with Crippen LogP contribution in [0.2, 0.25) is 0 Å². The molecule has 2 amide bonds. The minimum Gasteiger partial charge on any atom is -0.459 e. The van der Waals surface area contributed by atoms with E-state index in [1.54, 1.807) is 0 Å². The molecule has 0 saturated heterocycles. The predicted molar refractivity (Wildman–Crippen MR) is 92.6 cm³/mol. The number of nitrogens with one attached hydrogen (secondary N) is 2. The topological polar surface area (TPSA) is 74.5 Å². The fraction of sp³-hybridized carbons (Fsp3) is 0.211. The Bertz CT molecular complexity index is 781. The molecule has 0 saturated carbocycles. The van der Waals surface area contributed by atoms with E-state index >= 15 is 0 Å². The molecule has 0 aliphatic rings. The normalized spacial score (nSPS) is 13.4. The monoisotopic (exact) mass is 324 g/mol. The minimum atomic E-state index is -0.450. The molecule has 0 bridgehead atoms. The molecule has 0 fully saturated rings. The van der Waals surface area contributed by atoms with Crippen molar-refractivity contribution in [2.75, 3.05) is 6.61 Å². The lowest BCUT2D eigenvalue weighted by molar-refractivity contribution is 0.213. The van der Waals surface area contributed by atoms with Crippen molar-refractivity contribution in [1.29, 1.82) is 0 Å². The summed E-state index contributed by atoms with van der Waals surface area (Å²) < 4.78 is 5.75. The van der Waals surface area contributed by atoms with Gasteiger partial charge in [0.25, 0.3) is 0 Å². The van der Waals surface area contributed by atoms with E-state index in [9.17, 15) is 9.90 Å². The van der Waals surface area contributed by atoms with Crippen molar-refractivity contribution < 1.29 is 14.3 Å². The van der Waals surface area contributed by atoms with Crippen molar-refractivity contribution in [1.82, 2.24) is 10.6 Å². The number of aliphatic hydroxyl groups excluding tert-OH is 1. The number of carbonyl (C=O) groups excluding carboxylic acids is 1. The summed E-state index contributed by atoms with van der Waals surface area (Å²) >= 11 is 0. The zero-order valence-electron chi connectivity index (χ0n) is 13.4. The van der Waals surface area contributed by atoms with Gasteiger partial charge in [-0.15, -0.1) is 0 Å². The zero-order chi connectivity index (χ0) is 16.9. The standard InChI is InChI=1S/C19H20N2O3/c1-13(18-11-15-9-5-6-10-17(15)24-18)20-19(23)21-16(12-22)14-7-3-2-4-8-14/h2-11,13,16,22H,12H2,1H3,(H2,20,21,23)/t13?,16-/m1/s1. The number of carbonyl (C=O) groups is 1. The van der Waals surface area contributed by atoms with Crippen LogP contribution in [-0.2, 0) is 0 Å². The molecule has 2 aromatic carbocycles. The van der Waals surface area contributed by atoms with Gasteiger partial charge in [-0.3, -0.25) is 0 Å². The molecule has 0 radical (unpaired) electrons. The number of fused-ring (bicyclic) bond motifs is 1. The average molecular weight is 324 g/mol. The highest BCUT2D eigenvalue weighted by Gasteiger charge is 2.17. The molecule has 1 heterocycles. The highest BCUT2D eigenvalue weighted by molar-refractivity contribution is 5.78. The molecule has 0 aliphatic heterocycles. The summed E-state index contributed by atoms with van der Waals surface area (Å²) in [4.78, 5) is 12.2. The Kier molecular flexibility index (Phi) is 4.82. The maximum Gasteiger partial charge on any atom is 0.315 e. The number of amides is 2. The van der Waals surface area contributed by atoms with Crippen LogP contribution in [0.3, 0.4) is 0 Å². The first-order valence-electron chi connectivity index (χ1n) is 7.88. The second-order valence-corrected chi connectivity index (χ2v) is 5.67. The fourth-order valence-electron chi connectivity index (χ4n) is 2.60. The Hall–Kier alpha value is -2.79. The van der Waals surface area contributed by atoms with Crippen molar-refractivity contribution in [3.63, 3.8) is 0 Å². The van der Waals surface area contributed by atoms with E-state index in [1.807, 2.05) is 67.6 Å². The summed E-state index contributed by atoms with van der Waals surface area (Å²) in [6.07, 6.45) is 0. The second-order valence-electron chi connectivity index (χ2n) is 5.67. The summed E-state index contributed by atoms with van der Waals surface area (Å²) in [5, 5.41) is 16.1. The van der Waals surface area contributed by atoms with Crippen molar-refractivity contribution in [2.45, 2.75) is 19.0 Å². The van der Waals surface area contributed by atoms with Crippen LogP contribution in [-0.4, -0.2) is 17.7 Å². The molecule has 3 aromatic rings. The third-order valence-corrected chi connectivity index (χ3v) is 3.91. The Morgan fingerprint density at radius 1 is 1.08 bits per heavy atom. The summed E-state index contributed by atoms with van der Waals surface area (Å²) in [6, 6.07) is 17.9. The Labute approximate surface area is 140 Å². The van der Waals surface area contributed by atoms with Crippen molar-refractivity contribution in [3.8, 4) is 0 Å². The molecule has 1 unspecified atom stereocenters. The highest BCUT2D eigenvalue weighted by atomic mass is 16.3. The number of para-hydroxylation sites is 1. The molecule has 1 aromatic heterocycles. The van der Waals surface area contributed by atoms with Crippen LogP contribution < -0.4 is 10.6 Å². The van der Waals surface area contributed by atoms with Gasteiger partial charge in [0.15, 0.2) is 0 Å². The second kappa shape index (κ2) is 7.19. The average Bonchev–Trinajstić information content (AvgIpc) is 3.04. The van der Waals surface area contributed by atoms with Crippen LogP contribution >= 0.6 is 0 Å². The van der Waals surface area contributed by atoms with Crippen LogP contribution in [0.1, 0.15) is 30.3 Å². The number of rotatable bonds is 5. The molecule has 2 atom stereocenters. The van der Waals surface area contributed by atoms with Crippen LogP contribution in [0, 0.1) is 0 Å². The quantitative estimate of drug-likeness (QED) is 0.672. The van der Waals surface area contributed by atoms with Gasteiger partial charge in [-0.1, -0.05) is 48.5 Å². The number of aliphatic hydroxyl groups is 1. The number of urea groups is 1. The molecule has 0 spiro atoms. The van der Waals surface area contributed by atoms with Crippen LogP contribution in [0.4, 0.5) is 4.79 Å². The van der Waals surface area contributed by atoms with E-state index in [2.05, 4.69) is 10.6 Å². The number of benzene rings is 2. The van der Waals surface area contributed by atoms with Crippen LogP contribution in [0.5, 0.6) is 0 Å². The van der Waals surface area contributed by atoms with E-state index in [4.69, 9.17) is 4.42 Å². The molecule has 5 nitrogen and oxygen atoms in total. The number of furan rings is 1. The van der Waals surface area contributed by atoms with Crippen molar-refractivity contribution >= 4 is 17.0 Å². The molecule has 5 heteroatoms. The molecular formula is C19H20N2O3. The van der Waals surface area contributed by atoms with Gasteiger partial charge >= 0.3 is 6.03 Å². The lowest BCUT2D eigenvalue weighted by atomic mass is 10.1. The van der Waals surface area contributed by atoms with Gasteiger partial charge in [0, 0.05) is 5.39 Å². The van der Waals surface area contributed by atoms with Gasteiger partial charge in [-0.05, 0) is 24.6 Å². The molecule has 24 heavy (non-hydrogen) atoms. The van der Waals surface area contributed by atoms with E-state index in [0.717, 1.165) is 16.5 Å². The zero-order valence-corrected chi connectivity index (χ0v) is 13.4. The van der Waals surface area contributed by atoms with Crippen LogP contribution in [0.25, 0.3) is 11.0 Å². The molecule has 3 rings (SSSR count). The first-order chi connectivity index (χ1) is 11.7. The third kappa shape index (κ3) is 3.58. The summed E-state index contributed by atoms with van der Waals surface area (Å²) in [5.74, 6) is 0.687. The van der Waals surface area contributed by atoms with Gasteiger partial charge < -0.3 is 20.2 Å². The Balaban J connectivity index is 1.65. The lowest BCUT2D eigenvalue weighted by Gasteiger charge is -2.19. The third-order valence-electron chi connectivity index (χ3n) is 3.91. The largest absolute Gasteiger partial charge is 0.459 e. The highest BCUT2D eigenvalue weighted by Crippen LogP contribution is 2.23. The van der Waals surface area contributed by atoms with Crippen LogP contribution in [0.15, 0.2) is 65.1 Å². The molecule has 3 N–H and O–H groups in total. The smallest absolute Gasteiger partial charge is 0.315 e. The Morgan fingerprint density at radius 3 is 2.50 bits per heavy atom. The van der Waals surface area contributed by atoms with Gasteiger partial charge in [0.05, 0.1) is 18.7 Å². The van der Waals surface area contributed by atoms with E-state index in [-0.39, 0.29) is 18.7 Å². The fourth-order valence-corrected chi connectivity index (χ4v) is 2.60. The lowest BCUT2D eigenvalue weighted by Crippen LogP contribution is -2.40. The molecular weight excluding hydrogens is 304 g/mol. The van der Waals surface area contributed by atoms with Gasteiger partial charge in [-0.2, -0.15) is 0 Å². The first-order valence-corrected chi connectivity index (χ1v) is 7.88. The number of hydrogen-bond acceptors (Lipinski definition) is 3. The minimum absolute atomic E-state index is 0.170. The maximum atomic E-state index is 12.2. The van der Waals surface area contributed by atoms with E-state index in [1.165, 1.54) is 0 Å². The molecule has 0 aliphatic carbocycles. The maximum absolute atomic E-state index is 12.2.